The first kappa shape index (κ1) is 20.4. The number of nitrogens with one attached hydrogen (secondary N) is 1. The van der Waals surface area contributed by atoms with Gasteiger partial charge in [-0.05, 0) is 29.8 Å². The molecule has 2 aliphatic rings. The molecule has 0 aromatic heterocycles. The highest BCUT2D eigenvalue weighted by Crippen LogP contribution is 2.67. The molecule has 2 bridgehead atoms. The van der Waals surface area contributed by atoms with Gasteiger partial charge in [0.1, 0.15) is 17.6 Å². The standard InChI is InChI=1S/C24H20N4O3/c1-3-24-16(2)23(15-27,21(28)31-24)22(13-25,14-26)20(30-24)17-8-7-11-19(12-17)29-18-9-5-4-6-10-18/h4-12,16,20,28H,3H2,1-2H3. The number of benzene rings is 2. The molecule has 0 aliphatic carbocycles. The van der Waals surface area contributed by atoms with Crippen molar-refractivity contribution in [3.05, 3.63) is 60.2 Å². The third kappa shape index (κ3) is 2.56. The van der Waals surface area contributed by atoms with Gasteiger partial charge < -0.3 is 14.2 Å². The average molecular weight is 412 g/mol. The summed E-state index contributed by atoms with van der Waals surface area (Å²) in [6, 6.07) is 22.3. The molecule has 2 heterocycles. The van der Waals surface area contributed by atoms with Crippen LogP contribution in [0.2, 0.25) is 0 Å². The molecular weight excluding hydrogens is 392 g/mol. The number of nitriles is 3. The van der Waals surface area contributed by atoms with Crippen molar-refractivity contribution < 1.29 is 14.2 Å². The van der Waals surface area contributed by atoms with Crippen molar-refractivity contribution in [2.45, 2.75) is 32.2 Å². The van der Waals surface area contributed by atoms with Gasteiger partial charge in [0.05, 0.1) is 24.1 Å². The first-order valence-corrected chi connectivity index (χ1v) is 9.95. The molecule has 2 saturated heterocycles. The number of fused-ring (bicyclic) bond motifs is 2. The van der Waals surface area contributed by atoms with Crippen LogP contribution in [0.5, 0.6) is 11.5 Å². The van der Waals surface area contributed by atoms with Gasteiger partial charge in [-0.15, -0.1) is 0 Å². The van der Waals surface area contributed by atoms with Gasteiger partial charge in [-0.1, -0.05) is 44.2 Å². The fourth-order valence-corrected chi connectivity index (χ4v) is 4.71. The van der Waals surface area contributed by atoms with Gasteiger partial charge in [-0.2, -0.15) is 15.8 Å². The zero-order valence-electron chi connectivity index (χ0n) is 17.1. The van der Waals surface area contributed by atoms with Crippen molar-refractivity contribution in [3.8, 4) is 29.7 Å². The van der Waals surface area contributed by atoms with Crippen molar-refractivity contribution >= 4 is 5.90 Å². The maximum Gasteiger partial charge on any atom is 0.217 e. The summed E-state index contributed by atoms with van der Waals surface area (Å²) in [7, 11) is 0. The predicted octanol–water partition coefficient (Wildman–Crippen LogP) is 4.84. The Morgan fingerprint density at radius 1 is 1.00 bits per heavy atom. The minimum Gasteiger partial charge on any atom is -0.457 e. The third-order valence-corrected chi connectivity index (χ3v) is 6.44. The molecular formula is C24H20N4O3. The first-order chi connectivity index (χ1) is 14.9. The van der Waals surface area contributed by atoms with E-state index in [0.29, 0.717) is 23.5 Å². The molecule has 7 nitrogen and oxygen atoms in total. The summed E-state index contributed by atoms with van der Waals surface area (Å²) in [6.45, 7) is 3.53. The lowest BCUT2D eigenvalue weighted by Crippen LogP contribution is -2.58. The van der Waals surface area contributed by atoms with Crippen LogP contribution in [0.3, 0.4) is 0 Å². The maximum atomic E-state index is 10.2. The second-order valence-electron chi connectivity index (χ2n) is 7.76. The van der Waals surface area contributed by atoms with Crippen molar-refractivity contribution in [2.75, 3.05) is 0 Å². The Bertz CT molecular complexity index is 1150. The van der Waals surface area contributed by atoms with E-state index < -0.39 is 34.5 Å². The minimum atomic E-state index is -1.97. The molecule has 7 heteroatoms. The minimum absolute atomic E-state index is 0.351. The normalized spacial score (nSPS) is 30.4. The van der Waals surface area contributed by atoms with E-state index in [0.717, 1.165) is 0 Å². The van der Waals surface area contributed by atoms with Gasteiger partial charge in [0.2, 0.25) is 17.1 Å². The Hall–Kier alpha value is -3.86. The first-order valence-electron chi connectivity index (χ1n) is 9.95. The fraction of sp³-hybridized carbons (Fsp3) is 0.333. The molecule has 0 spiro atoms. The zero-order chi connectivity index (χ0) is 22.3. The van der Waals surface area contributed by atoms with E-state index in [9.17, 15) is 15.8 Å². The molecule has 0 radical (unpaired) electrons. The number of ether oxygens (including phenoxy) is 3. The van der Waals surface area contributed by atoms with Crippen LogP contribution in [0.15, 0.2) is 54.6 Å². The van der Waals surface area contributed by atoms with E-state index in [4.69, 9.17) is 19.6 Å². The van der Waals surface area contributed by atoms with Crippen LogP contribution >= 0.6 is 0 Å². The van der Waals surface area contributed by atoms with Gasteiger partial charge in [0.25, 0.3) is 0 Å². The second-order valence-corrected chi connectivity index (χ2v) is 7.76. The summed E-state index contributed by atoms with van der Waals surface area (Å²) in [5.41, 5.74) is -3.23. The maximum absolute atomic E-state index is 10.2. The molecule has 2 fully saturated rings. The van der Waals surface area contributed by atoms with Crippen molar-refractivity contribution in [2.24, 2.45) is 16.7 Å². The lowest BCUT2D eigenvalue weighted by Gasteiger charge is -2.48. The van der Waals surface area contributed by atoms with Crippen LogP contribution in [-0.4, -0.2) is 11.7 Å². The molecule has 4 rings (SSSR count). The summed E-state index contributed by atoms with van der Waals surface area (Å²) >= 11 is 0. The number of nitrogens with zero attached hydrogens (tertiary/aromatic N) is 3. The molecule has 2 aliphatic heterocycles. The highest BCUT2D eigenvalue weighted by atomic mass is 16.7. The highest BCUT2D eigenvalue weighted by Gasteiger charge is 2.78. The van der Waals surface area contributed by atoms with Gasteiger partial charge in [0, 0.05) is 6.42 Å². The fourth-order valence-electron chi connectivity index (χ4n) is 4.71. The number of hydrogen-bond acceptors (Lipinski definition) is 7. The summed E-state index contributed by atoms with van der Waals surface area (Å²) in [5, 5.41) is 39.0. The van der Waals surface area contributed by atoms with E-state index in [-0.39, 0.29) is 0 Å². The molecule has 0 amide bonds. The number of rotatable bonds is 4. The SMILES string of the molecule is CCC12OC(=N)C(C#N)(C1C)C(C#N)(C#N)C(c1cccc(Oc3ccccc3)c1)O2. The van der Waals surface area contributed by atoms with Gasteiger partial charge in [-0.3, -0.25) is 5.41 Å². The lowest BCUT2D eigenvalue weighted by atomic mass is 9.53. The second kappa shape index (κ2) is 7.13. The smallest absolute Gasteiger partial charge is 0.217 e. The van der Waals surface area contributed by atoms with E-state index in [1.807, 2.05) is 49.4 Å². The average Bonchev–Trinajstić information content (AvgIpc) is 2.96. The summed E-state index contributed by atoms with van der Waals surface area (Å²) in [6.07, 6.45) is -0.760. The zero-order valence-corrected chi connectivity index (χ0v) is 17.1. The quantitative estimate of drug-likeness (QED) is 0.766. The van der Waals surface area contributed by atoms with E-state index in [1.165, 1.54) is 0 Å². The number of para-hydroxylation sites is 1. The Morgan fingerprint density at radius 2 is 1.68 bits per heavy atom. The predicted molar refractivity (Wildman–Crippen MR) is 109 cm³/mol. The Morgan fingerprint density at radius 3 is 2.29 bits per heavy atom. The third-order valence-electron chi connectivity index (χ3n) is 6.44. The number of hydrogen-bond donors (Lipinski definition) is 1. The lowest BCUT2D eigenvalue weighted by molar-refractivity contribution is -0.280. The summed E-state index contributed by atoms with van der Waals surface area (Å²) in [4.78, 5) is 0. The van der Waals surface area contributed by atoms with Crippen LogP contribution < -0.4 is 4.74 Å². The van der Waals surface area contributed by atoms with E-state index in [2.05, 4.69) is 6.07 Å². The van der Waals surface area contributed by atoms with Crippen LogP contribution in [-0.2, 0) is 9.47 Å². The molecule has 1 N–H and O–H groups in total. The van der Waals surface area contributed by atoms with Crippen molar-refractivity contribution in [1.29, 1.82) is 21.2 Å². The van der Waals surface area contributed by atoms with Crippen LogP contribution in [0, 0.1) is 56.2 Å². The Balaban J connectivity index is 1.86. The largest absolute Gasteiger partial charge is 0.457 e. The Labute approximate surface area is 180 Å². The molecule has 0 saturated carbocycles. The van der Waals surface area contributed by atoms with Crippen LogP contribution in [0.25, 0.3) is 0 Å². The summed E-state index contributed by atoms with van der Waals surface area (Å²) in [5.74, 6) is -1.22. The molecule has 154 valence electrons. The molecule has 4 atom stereocenters. The van der Waals surface area contributed by atoms with Crippen LogP contribution in [0.1, 0.15) is 31.9 Å². The van der Waals surface area contributed by atoms with Gasteiger partial charge in [0.15, 0.2) is 5.41 Å². The van der Waals surface area contributed by atoms with E-state index >= 15 is 0 Å². The highest BCUT2D eigenvalue weighted by molar-refractivity contribution is 5.89. The van der Waals surface area contributed by atoms with Crippen molar-refractivity contribution in [3.63, 3.8) is 0 Å². The van der Waals surface area contributed by atoms with Gasteiger partial charge in [-0.25, -0.2) is 0 Å². The molecule has 4 unspecified atom stereocenters. The molecule has 2 aromatic rings. The monoisotopic (exact) mass is 412 g/mol. The van der Waals surface area contributed by atoms with Crippen molar-refractivity contribution in [1.82, 2.24) is 0 Å². The van der Waals surface area contributed by atoms with Gasteiger partial charge >= 0.3 is 0 Å². The molecule has 2 aromatic carbocycles. The summed E-state index contributed by atoms with van der Waals surface area (Å²) < 4.78 is 18.0. The van der Waals surface area contributed by atoms with E-state index in [1.54, 1.807) is 31.2 Å². The molecule has 31 heavy (non-hydrogen) atoms. The Kier molecular flexibility index (Phi) is 4.69. The topological polar surface area (TPSA) is 123 Å². The van der Waals surface area contributed by atoms with Crippen LogP contribution in [0.4, 0.5) is 0 Å².